The number of urea groups is 1. The van der Waals surface area contributed by atoms with Gasteiger partial charge in [-0.05, 0) is 82.6 Å². The van der Waals surface area contributed by atoms with Crippen molar-refractivity contribution in [1.82, 2.24) is 5.32 Å². The van der Waals surface area contributed by atoms with Crippen LogP contribution in [0.2, 0.25) is 0 Å². The molecule has 0 saturated carbocycles. The van der Waals surface area contributed by atoms with Gasteiger partial charge in [-0.25, -0.2) is 9.69 Å². The van der Waals surface area contributed by atoms with E-state index in [1.807, 2.05) is 85.8 Å². The number of anilines is 2. The number of hydrogen-bond acceptors (Lipinski definition) is 5. The van der Waals surface area contributed by atoms with Gasteiger partial charge in [0.05, 0.1) is 5.69 Å². The highest BCUT2D eigenvalue weighted by atomic mass is 16.5. The smallest absolute Gasteiger partial charge is 0.335 e. The SMILES string of the molecule is Cc1cccc(COc2ccc3ccccc3c2/C=C2\C(=O)NC(=O)N(c3cc4c5c(c3)[C@@H](c3ccccc3)CCN5CC[C@@H]4c3ccccc3)C2=O)c1. The normalized spacial score (nSPS) is 18.8. The Kier molecular flexibility index (Phi) is 8.54. The predicted molar refractivity (Wildman–Crippen MR) is 213 cm³/mol. The Bertz CT molecular complexity index is 2400. The number of hydrogen-bond donors (Lipinski definition) is 1. The lowest BCUT2D eigenvalue weighted by Crippen LogP contribution is -2.54. The number of fused-ring (bicyclic) bond motifs is 1. The summed E-state index contributed by atoms with van der Waals surface area (Å²) in [6.07, 6.45) is 3.40. The Labute approximate surface area is 314 Å². The third-order valence-electron chi connectivity index (χ3n) is 11.1. The van der Waals surface area contributed by atoms with Gasteiger partial charge in [0.15, 0.2) is 0 Å². The summed E-state index contributed by atoms with van der Waals surface area (Å²) in [5.41, 5.74) is 8.77. The van der Waals surface area contributed by atoms with Crippen molar-refractivity contribution < 1.29 is 19.1 Å². The van der Waals surface area contributed by atoms with E-state index in [4.69, 9.17) is 4.74 Å². The summed E-state index contributed by atoms with van der Waals surface area (Å²) in [5, 5.41) is 4.25. The van der Waals surface area contributed by atoms with Crippen molar-refractivity contribution >= 4 is 46.1 Å². The fourth-order valence-electron chi connectivity index (χ4n) is 8.52. The maximum absolute atomic E-state index is 14.7. The molecule has 0 bridgehead atoms. The van der Waals surface area contributed by atoms with Crippen LogP contribution < -0.4 is 19.9 Å². The third-order valence-corrected chi connectivity index (χ3v) is 11.1. The lowest BCUT2D eigenvalue weighted by molar-refractivity contribution is -0.122. The molecule has 0 spiro atoms. The number of imide groups is 2. The zero-order valence-corrected chi connectivity index (χ0v) is 30.0. The topological polar surface area (TPSA) is 79.0 Å². The number of aryl methyl sites for hydroxylation is 1. The minimum atomic E-state index is -0.765. The highest BCUT2D eigenvalue weighted by molar-refractivity contribution is 6.39. The lowest BCUT2D eigenvalue weighted by atomic mass is 9.76. The molecule has 0 radical (unpaired) electrons. The van der Waals surface area contributed by atoms with Gasteiger partial charge in [-0.1, -0.05) is 121 Å². The highest BCUT2D eigenvalue weighted by Gasteiger charge is 2.41. The molecular weight excluding hydrogens is 671 g/mol. The standard InChI is InChI=1S/C47H39N3O4/c1-30-11-10-12-31(25-30)29-54-43-20-19-34-17-8-9-18-36(34)39(43)28-42-45(51)48-47(53)50(46(42)52)35-26-40-37(32-13-4-2-5-14-32)21-23-49-24-22-38(41(27-35)44(40)49)33-15-6-3-7-16-33/h2-20,25-28,37-38H,21-24,29H2,1H3,(H,48,51,53)/b42-28+/t37-,38-/m1/s1. The molecule has 4 amide bonds. The van der Waals surface area contributed by atoms with Crippen LogP contribution in [-0.2, 0) is 16.2 Å². The van der Waals surface area contributed by atoms with Crippen molar-refractivity contribution in [3.63, 3.8) is 0 Å². The fourth-order valence-corrected chi connectivity index (χ4v) is 8.52. The van der Waals surface area contributed by atoms with E-state index >= 15 is 0 Å². The number of benzene rings is 6. The summed E-state index contributed by atoms with van der Waals surface area (Å²) in [4.78, 5) is 45.8. The van der Waals surface area contributed by atoms with Crippen molar-refractivity contribution in [3.8, 4) is 5.75 Å². The van der Waals surface area contributed by atoms with Crippen LogP contribution in [0.25, 0.3) is 16.8 Å². The van der Waals surface area contributed by atoms with Crippen LogP contribution in [0.3, 0.4) is 0 Å². The molecule has 3 heterocycles. The zero-order chi connectivity index (χ0) is 36.8. The van der Waals surface area contributed by atoms with E-state index in [-0.39, 0.29) is 17.4 Å². The van der Waals surface area contributed by atoms with Gasteiger partial charge in [-0.15, -0.1) is 0 Å². The number of rotatable bonds is 7. The number of carbonyl (C=O) groups is 3. The van der Waals surface area contributed by atoms with E-state index < -0.39 is 17.8 Å². The van der Waals surface area contributed by atoms with Gasteiger partial charge in [0, 0.05) is 36.2 Å². The number of nitrogens with zero attached hydrogens (tertiary/aromatic N) is 2. The quantitative estimate of drug-likeness (QED) is 0.132. The van der Waals surface area contributed by atoms with Crippen molar-refractivity contribution in [1.29, 1.82) is 0 Å². The number of carbonyl (C=O) groups excluding carboxylic acids is 3. The largest absolute Gasteiger partial charge is 0.488 e. The third kappa shape index (κ3) is 6.01. The Morgan fingerprint density at radius 2 is 1.37 bits per heavy atom. The molecule has 7 nitrogen and oxygen atoms in total. The summed E-state index contributed by atoms with van der Waals surface area (Å²) in [6, 6.07) is 43.8. The lowest BCUT2D eigenvalue weighted by Gasteiger charge is -2.44. The maximum Gasteiger partial charge on any atom is 0.335 e. The Balaban J connectivity index is 1.17. The Hall–Kier alpha value is -6.47. The Morgan fingerprint density at radius 1 is 0.722 bits per heavy atom. The molecule has 266 valence electrons. The molecule has 0 unspecified atom stereocenters. The molecule has 3 aliphatic heterocycles. The van der Waals surface area contributed by atoms with Crippen LogP contribution in [0.5, 0.6) is 5.75 Å². The average molecular weight is 710 g/mol. The molecule has 9 rings (SSSR count). The van der Waals surface area contributed by atoms with E-state index in [0.717, 1.165) is 63.9 Å². The van der Waals surface area contributed by atoms with Gasteiger partial charge >= 0.3 is 6.03 Å². The molecule has 2 atom stereocenters. The molecule has 54 heavy (non-hydrogen) atoms. The van der Waals surface area contributed by atoms with Gasteiger partial charge in [0.25, 0.3) is 11.8 Å². The van der Waals surface area contributed by atoms with Gasteiger partial charge in [0.2, 0.25) is 0 Å². The monoisotopic (exact) mass is 709 g/mol. The first kappa shape index (κ1) is 33.4. The molecule has 1 saturated heterocycles. The number of amides is 4. The minimum absolute atomic E-state index is 0.0778. The predicted octanol–water partition coefficient (Wildman–Crippen LogP) is 9.27. The van der Waals surface area contributed by atoms with Gasteiger partial charge in [-0.3, -0.25) is 14.9 Å². The number of nitrogens with one attached hydrogen (secondary N) is 1. The first-order chi connectivity index (χ1) is 26.4. The summed E-state index contributed by atoms with van der Waals surface area (Å²) < 4.78 is 6.37. The van der Waals surface area contributed by atoms with Crippen LogP contribution in [0.15, 0.2) is 139 Å². The van der Waals surface area contributed by atoms with Gasteiger partial charge in [0.1, 0.15) is 17.9 Å². The summed E-state index contributed by atoms with van der Waals surface area (Å²) in [7, 11) is 0. The molecule has 0 aromatic heterocycles. The first-order valence-corrected chi connectivity index (χ1v) is 18.6. The first-order valence-electron chi connectivity index (χ1n) is 18.6. The molecule has 6 aromatic rings. The molecule has 0 aliphatic carbocycles. The highest BCUT2D eigenvalue weighted by Crippen LogP contribution is 2.50. The van der Waals surface area contributed by atoms with Gasteiger partial charge < -0.3 is 9.64 Å². The number of ether oxygens (including phenoxy) is 1. The minimum Gasteiger partial charge on any atom is -0.488 e. The second-order valence-electron chi connectivity index (χ2n) is 14.4. The summed E-state index contributed by atoms with van der Waals surface area (Å²) in [6.45, 7) is 4.18. The summed E-state index contributed by atoms with van der Waals surface area (Å²) in [5.74, 6) is -0.734. The van der Waals surface area contributed by atoms with Crippen molar-refractivity contribution in [2.45, 2.75) is 38.2 Å². The van der Waals surface area contributed by atoms with E-state index in [2.05, 4.69) is 64.8 Å². The Morgan fingerprint density at radius 3 is 2.04 bits per heavy atom. The van der Waals surface area contributed by atoms with E-state index in [1.54, 1.807) is 6.08 Å². The number of barbiturate groups is 1. The second-order valence-corrected chi connectivity index (χ2v) is 14.4. The van der Waals surface area contributed by atoms with Crippen LogP contribution in [0, 0.1) is 6.92 Å². The van der Waals surface area contributed by atoms with Crippen molar-refractivity contribution in [3.05, 3.63) is 178 Å². The molecule has 7 heteroatoms. The van der Waals surface area contributed by atoms with E-state index in [9.17, 15) is 14.4 Å². The van der Waals surface area contributed by atoms with E-state index in [0.29, 0.717) is 23.6 Å². The summed E-state index contributed by atoms with van der Waals surface area (Å²) >= 11 is 0. The molecule has 6 aromatic carbocycles. The van der Waals surface area contributed by atoms with Crippen LogP contribution >= 0.6 is 0 Å². The second kappa shape index (κ2) is 13.8. The van der Waals surface area contributed by atoms with Crippen molar-refractivity contribution in [2.24, 2.45) is 0 Å². The van der Waals surface area contributed by atoms with E-state index in [1.165, 1.54) is 16.8 Å². The molecule has 3 aliphatic rings. The molecule has 1 fully saturated rings. The molecule has 1 N–H and O–H groups in total. The maximum atomic E-state index is 14.7. The van der Waals surface area contributed by atoms with Crippen LogP contribution in [0.4, 0.5) is 16.2 Å². The van der Waals surface area contributed by atoms with Gasteiger partial charge in [-0.2, -0.15) is 0 Å². The molecular formula is C47H39N3O4. The van der Waals surface area contributed by atoms with Crippen LogP contribution in [-0.4, -0.2) is 30.9 Å². The van der Waals surface area contributed by atoms with Crippen molar-refractivity contribution in [2.75, 3.05) is 22.9 Å². The zero-order valence-electron chi connectivity index (χ0n) is 30.0. The average Bonchev–Trinajstić information content (AvgIpc) is 3.19. The fraction of sp³-hybridized carbons (Fsp3) is 0.170. The van der Waals surface area contributed by atoms with Crippen LogP contribution in [0.1, 0.15) is 63.6 Å².